The third-order valence-electron chi connectivity index (χ3n) is 7.29. The standard InChI is InChI=1S/C29H29N7O/c1-2-14-37-23(3-1)16-31-25-15-24(20-10-12-30-13-11-20)35-36-27(18-33-29(25)36)21-6-4-19(5-7-21)26-17-32-28(34-26)22-8-9-22/h4-7,10-13,15,17-18,22-23,31H,1-3,8-9,14,16H2,(H,32,34). The summed E-state index contributed by atoms with van der Waals surface area (Å²) in [6.07, 6.45) is 13.6. The van der Waals surface area contributed by atoms with E-state index in [0.29, 0.717) is 5.92 Å². The zero-order valence-electron chi connectivity index (χ0n) is 20.6. The smallest absolute Gasteiger partial charge is 0.177 e. The predicted octanol–water partition coefficient (Wildman–Crippen LogP) is 5.71. The van der Waals surface area contributed by atoms with E-state index in [9.17, 15) is 0 Å². The van der Waals surface area contributed by atoms with Gasteiger partial charge in [-0.1, -0.05) is 24.3 Å². The molecule has 7 rings (SSSR count). The molecule has 1 saturated carbocycles. The number of hydrogen-bond acceptors (Lipinski definition) is 6. The minimum atomic E-state index is 0.219. The summed E-state index contributed by atoms with van der Waals surface area (Å²) in [5.41, 5.74) is 7.80. The molecule has 0 amide bonds. The molecule has 4 aromatic heterocycles. The monoisotopic (exact) mass is 491 g/mol. The zero-order valence-corrected chi connectivity index (χ0v) is 20.6. The highest BCUT2D eigenvalue weighted by Gasteiger charge is 2.26. The third-order valence-corrected chi connectivity index (χ3v) is 7.29. The Morgan fingerprint density at radius 2 is 1.76 bits per heavy atom. The topological polar surface area (TPSA) is 93.0 Å². The van der Waals surface area contributed by atoms with Gasteiger partial charge in [-0.2, -0.15) is 5.10 Å². The van der Waals surface area contributed by atoms with Gasteiger partial charge in [0.15, 0.2) is 5.65 Å². The van der Waals surface area contributed by atoms with Crippen molar-refractivity contribution in [3.8, 4) is 33.8 Å². The summed E-state index contributed by atoms with van der Waals surface area (Å²) in [7, 11) is 0. The lowest BCUT2D eigenvalue weighted by Crippen LogP contribution is -2.27. The first-order valence-electron chi connectivity index (χ1n) is 13.1. The molecule has 2 N–H and O–H groups in total. The molecule has 186 valence electrons. The highest BCUT2D eigenvalue weighted by atomic mass is 16.5. The molecule has 8 heteroatoms. The number of nitrogens with one attached hydrogen (secondary N) is 2. The van der Waals surface area contributed by atoms with Gasteiger partial charge in [0.2, 0.25) is 0 Å². The van der Waals surface area contributed by atoms with Crippen LogP contribution in [-0.4, -0.2) is 48.8 Å². The molecule has 5 heterocycles. The van der Waals surface area contributed by atoms with Gasteiger partial charge < -0.3 is 15.0 Å². The van der Waals surface area contributed by atoms with E-state index in [-0.39, 0.29) is 6.10 Å². The van der Waals surface area contributed by atoms with E-state index in [2.05, 4.69) is 50.6 Å². The minimum absolute atomic E-state index is 0.219. The maximum Gasteiger partial charge on any atom is 0.177 e. The predicted molar refractivity (Wildman–Crippen MR) is 143 cm³/mol. The fourth-order valence-electron chi connectivity index (χ4n) is 5.02. The average Bonchev–Trinajstić information content (AvgIpc) is 3.53. The molecular formula is C29H29N7O. The normalized spacial score (nSPS) is 17.8. The lowest BCUT2D eigenvalue weighted by Gasteiger charge is -2.23. The van der Waals surface area contributed by atoms with Crippen LogP contribution in [-0.2, 0) is 4.74 Å². The molecule has 1 atom stereocenters. The number of ether oxygens (including phenoxy) is 1. The third kappa shape index (κ3) is 4.49. The summed E-state index contributed by atoms with van der Waals surface area (Å²) in [6.45, 7) is 1.59. The molecule has 1 saturated heterocycles. The van der Waals surface area contributed by atoms with Gasteiger partial charge in [-0.3, -0.25) is 4.98 Å². The van der Waals surface area contributed by atoms with Crippen LogP contribution < -0.4 is 5.32 Å². The van der Waals surface area contributed by atoms with Crippen LogP contribution in [0.3, 0.4) is 0 Å². The van der Waals surface area contributed by atoms with Gasteiger partial charge in [0.05, 0.1) is 41.3 Å². The molecule has 1 aromatic carbocycles. The lowest BCUT2D eigenvalue weighted by atomic mass is 10.1. The number of rotatable bonds is 7. The molecular weight excluding hydrogens is 462 g/mol. The molecule has 0 radical (unpaired) electrons. The number of fused-ring (bicyclic) bond motifs is 1. The van der Waals surface area contributed by atoms with Gasteiger partial charge in [-0.25, -0.2) is 14.5 Å². The largest absolute Gasteiger partial charge is 0.379 e. The number of nitrogens with zero attached hydrogens (tertiary/aromatic N) is 5. The fourth-order valence-corrected chi connectivity index (χ4v) is 5.02. The number of aromatic amines is 1. The molecule has 0 spiro atoms. The Balaban J connectivity index is 1.24. The number of imidazole rings is 2. The van der Waals surface area contributed by atoms with Crippen molar-refractivity contribution in [1.29, 1.82) is 0 Å². The molecule has 1 unspecified atom stereocenters. The molecule has 2 aliphatic rings. The number of aromatic nitrogens is 6. The van der Waals surface area contributed by atoms with Crippen LogP contribution in [0, 0.1) is 0 Å². The minimum Gasteiger partial charge on any atom is -0.379 e. The van der Waals surface area contributed by atoms with Crippen molar-refractivity contribution in [2.75, 3.05) is 18.5 Å². The van der Waals surface area contributed by atoms with Crippen LogP contribution in [0.4, 0.5) is 5.69 Å². The van der Waals surface area contributed by atoms with Crippen LogP contribution >= 0.6 is 0 Å². The van der Waals surface area contributed by atoms with Gasteiger partial charge in [0.25, 0.3) is 0 Å². The van der Waals surface area contributed by atoms with E-state index in [0.717, 1.165) is 76.9 Å². The van der Waals surface area contributed by atoms with E-state index in [4.69, 9.17) is 14.8 Å². The zero-order chi connectivity index (χ0) is 24.6. The Kier molecular flexibility index (Phi) is 5.66. The Hall–Kier alpha value is -4.04. The SMILES string of the molecule is c1cc(-c2cc(NCC3CCCCO3)c3ncc(-c4ccc(-c5cnc(C6CC6)[nH]5)cc4)n3n2)ccn1. The van der Waals surface area contributed by atoms with Crippen molar-refractivity contribution in [2.24, 2.45) is 0 Å². The van der Waals surface area contributed by atoms with Crippen molar-refractivity contribution in [3.63, 3.8) is 0 Å². The molecule has 2 fully saturated rings. The summed E-state index contributed by atoms with van der Waals surface area (Å²) in [6, 6.07) is 14.5. The summed E-state index contributed by atoms with van der Waals surface area (Å²) in [5, 5.41) is 8.59. The first-order valence-corrected chi connectivity index (χ1v) is 13.1. The second kappa shape index (κ2) is 9.44. The van der Waals surface area contributed by atoms with Crippen molar-refractivity contribution < 1.29 is 4.74 Å². The summed E-state index contributed by atoms with van der Waals surface area (Å²) >= 11 is 0. The van der Waals surface area contributed by atoms with Gasteiger partial charge in [-0.05, 0) is 55.9 Å². The molecule has 0 bridgehead atoms. The van der Waals surface area contributed by atoms with Crippen LogP contribution in [0.25, 0.3) is 39.4 Å². The van der Waals surface area contributed by atoms with Gasteiger partial charge in [0, 0.05) is 42.6 Å². The Morgan fingerprint density at radius 1 is 0.919 bits per heavy atom. The molecule has 1 aliphatic carbocycles. The number of hydrogen-bond donors (Lipinski definition) is 2. The maximum absolute atomic E-state index is 5.95. The Bertz CT molecular complexity index is 1510. The van der Waals surface area contributed by atoms with E-state index < -0.39 is 0 Å². The molecule has 5 aromatic rings. The van der Waals surface area contributed by atoms with Crippen molar-refractivity contribution in [1.82, 2.24) is 29.5 Å². The quantitative estimate of drug-likeness (QED) is 0.303. The summed E-state index contributed by atoms with van der Waals surface area (Å²) in [5.74, 6) is 1.71. The Labute approximate surface area is 215 Å². The molecule has 8 nitrogen and oxygen atoms in total. The number of anilines is 1. The van der Waals surface area contributed by atoms with Gasteiger partial charge >= 0.3 is 0 Å². The lowest BCUT2D eigenvalue weighted by molar-refractivity contribution is 0.0248. The van der Waals surface area contributed by atoms with Crippen LogP contribution in [0.2, 0.25) is 0 Å². The molecule has 1 aliphatic heterocycles. The van der Waals surface area contributed by atoms with Crippen molar-refractivity contribution in [2.45, 2.75) is 44.1 Å². The number of benzene rings is 1. The average molecular weight is 492 g/mol. The van der Waals surface area contributed by atoms with E-state index in [1.54, 1.807) is 12.4 Å². The van der Waals surface area contributed by atoms with E-state index in [1.165, 1.54) is 19.3 Å². The van der Waals surface area contributed by atoms with E-state index >= 15 is 0 Å². The van der Waals surface area contributed by atoms with Crippen LogP contribution in [0.1, 0.15) is 43.8 Å². The first kappa shape index (κ1) is 22.2. The fraction of sp³-hybridized carbons (Fsp3) is 0.310. The Morgan fingerprint density at radius 3 is 2.54 bits per heavy atom. The number of pyridine rings is 1. The summed E-state index contributed by atoms with van der Waals surface area (Å²) < 4.78 is 7.89. The van der Waals surface area contributed by atoms with Crippen molar-refractivity contribution >= 4 is 11.3 Å². The second-order valence-electron chi connectivity index (χ2n) is 9.96. The van der Waals surface area contributed by atoms with Gasteiger partial charge in [-0.15, -0.1) is 0 Å². The highest BCUT2D eigenvalue weighted by Crippen LogP contribution is 2.39. The van der Waals surface area contributed by atoms with E-state index in [1.807, 2.05) is 29.0 Å². The second-order valence-corrected chi connectivity index (χ2v) is 9.96. The highest BCUT2D eigenvalue weighted by molar-refractivity contribution is 5.77. The maximum atomic E-state index is 5.95. The molecule has 37 heavy (non-hydrogen) atoms. The first-order chi connectivity index (χ1) is 18.3. The van der Waals surface area contributed by atoms with Crippen molar-refractivity contribution in [3.05, 3.63) is 73.1 Å². The number of H-pyrrole nitrogens is 1. The van der Waals surface area contributed by atoms with Crippen LogP contribution in [0.5, 0.6) is 0 Å². The van der Waals surface area contributed by atoms with Gasteiger partial charge in [0.1, 0.15) is 5.82 Å². The van der Waals surface area contributed by atoms with Crippen LogP contribution in [0.15, 0.2) is 67.3 Å². The summed E-state index contributed by atoms with van der Waals surface area (Å²) in [4.78, 5) is 17.0.